The number of hydrogen-bond donors (Lipinski definition) is 3. The maximum atomic E-state index is 12.9. The summed E-state index contributed by atoms with van der Waals surface area (Å²) < 4.78 is 18.7. The van der Waals surface area contributed by atoms with E-state index < -0.39 is 7.14 Å². The Balaban J connectivity index is 0.806. The molecule has 4 aliphatic rings. The fourth-order valence-corrected chi connectivity index (χ4v) is 10.3. The summed E-state index contributed by atoms with van der Waals surface area (Å²) in [6.07, 6.45) is 6.83. The van der Waals surface area contributed by atoms with E-state index in [1.54, 1.807) is 26.6 Å². The monoisotopic (exact) mass is 847 g/mol. The minimum absolute atomic E-state index is 0.327. The van der Waals surface area contributed by atoms with E-state index >= 15 is 0 Å². The maximum Gasteiger partial charge on any atom is 0.229 e. The number of carbonyl (C=O) groups excluding carboxylic acids is 1. The van der Waals surface area contributed by atoms with E-state index in [4.69, 9.17) is 16.3 Å². The van der Waals surface area contributed by atoms with Gasteiger partial charge in [0.25, 0.3) is 0 Å². The molecular formula is C46H55ClN9O3P. The summed E-state index contributed by atoms with van der Waals surface area (Å²) in [5.41, 5.74) is 6.46. The number of halogens is 1. The van der Waals surface area contributed by atoms with Crippen LogP contribution in [0.25, 0.3) is 5.70 Å². The summed E-state index contributed by atoms with van der Waals surface area (Å²) in [6.45, 7) is 13.4. The lowest BCUT2D eigenvalue weighted by Gasteiger charge is -2.43. The van der Waals surface area contributed by atoms with Crippen LogP contribution >= 0.6 is 18.7 Å². The Morgan fingerprint density at radius 1 is 0.950 bits per heavy atom. The van der Waals surface area contributed by atoms with Crippen LogP contribution in [0.5, 0.6) is 5.75 Å². The van der Waals surface area contributed by atoms with Crippen LogP contribution in [0.3, 0.4) is 0 Å². The van der Waals surface area contributed by atoms with E-state index in [1.807, 2.05) is 42.5 Å². The number of ether oxygens (including phenoxy) is 1. The Morgan fingerprint density at radius 3 is 2.52 bits per heavy atom. The summed E-state index contributed by atoms with van der Waals surface area (Å²) in [5, 5.41) is 11.1. The summed E-state index contributed by atoms with van der Waals surface area (Å²) in [5.74, 6) is 10.6. The van der Waals surface area contributed by atoms with Gasteiger partial charge >= 0.3 is 0 Å². The first-order valence-electron chi connectivity index (χ1n) is 21.1. The number of fused-ring (bicyclic) bond motifs is 1. The molecule has 0 amide bonds. The summed E-state index contributed by atoms with van der Waals surface area (Å²) in [7, 11) is -0.867. The van der Waals surface area contributed by atoms with E-state index in [0.29, 0.717) is 46.0 Å². The van der Waals surface area contributed by atoms with E-state index in [2.05, 4.69) is 81.5 Å². The first-order chi connectivity index (χ1) is 29.2. The van der Waals surface area contributed by atoms with Crippen molar-refractivity contribution >= 4 is 64.5 Å². The number of benzene rings is 3. The second-order valence-electron chi connectivity index (χ2n) is 16.5. The van der Waals surface area contributed by atoms with Crippen molar-refractivity contribution in [2.24, 2.45) is 0 Å². The Bertz CT molecular complexity index is 2330. The number of anilines is 5. The number of methoxy groups -OCH3 is 1. The fraction of sp³-hybridized carbons (Fsp3) is 0.435. The molecule has 3 saturated heterocycles. The summed E-state index contributed by atoms with van der Waals surface area (Å²) in [4.78, 5) is 31.0. The number of piperidine rings is 2. The molecule has 1 unspecified atom stereocenters. The Morgan fingerprint density at radius 2 is 1.77 bits per heavy atom. The van der Waals surface area contributed by atoms with Crippen LogP contribution in [0.15, 0.2) is 66.9 Å². The molecule has 1 atom stereocenters. The van der Waals surface area contributed by atoms with Crippen molar-refractivity contribution in [1.29, 1.82) is 0 Å². The zero-order valence-electron chi connectivity index (χ0n) is 34.8. The Kier molecular flexibility index (Phi) is 13.1. The number of nitrogens with zero attached hydrogens (tertiary/aromatic N) is 6. The molecule has 8 rings (SSSR count). The molecule has 3 fully saturated rings. The van der Waals surface area contributed by atoms with Gasteiger partial charge in [0.05, 0.1) is 24.7 Å². The number of hydrogen-bond acceptors (Lipinski definition) is 12. The van der Waals surface area contributed by atoms with Crippen LogP contribution in [0, 0.1) is 11.8 Å². The molecule has 0 aliphatic carbocycles. The molecule has 0 bridgehead atoms. The quantitative estimate of drug-likeness (QED) is 0.0854. The van der Waals surface area contributed by atoms with Crippen LogP contribution in [0.2, 0.25) is 5.02 Å². The van der Waals surface area contributed by atoms with Gasteiger partial charge in [0.15, 0.2) is 11.8 Å². The number of piperazine rings is 1. The van der Waals surface area contributed by atoms with Crippen molar-refractivity contribution in [3.05, 3.63) is 88.6 Å². The highest BCUT2D eigenvalue weighted by Gasteiger charge is 2.33. The average molecular weight is 848 g/mol. The van der Waals surface area contributed by atoms with Crippen molar-refractivity contribution in [1.82, 2.24) is 30.0 Å². The normalized spacial score (nSPS) is 19.0. The Labute approximate surface area is 359 Å². The third-order valence-electron chi connectivity index (χ3n) is 12.3. The zero-order chi connectivity index (χ0) is 41.6. The molecule has 0 spiro atoms. The standard InChI is InChI=1S/C46H55ClN9O3P/c1-59-43-28-35(16-17-40(43)51-46-49-30-39(47)45(52-46)50-41-14-4-5-15-44(41)60(2,3)58)54-22-18-34(19-23-54)55-26-24-53(25-27-55)21-7-6-10-33-11-8-13-37-38(33)31-56(42(37)32-57)36-12-9-20-48-29-36/h4-5,8,11,13-17,28,30,34,36,48H,7,9,12,18-27,29,31H2,1-3H3,(H2,49,50,51,52). The van der Waals surface area contributed by atoms with E-state index in [1.165, 1.54) is 5.56 Å². The van der Waals surface area contributed by atoms with Crippen molar-refractivity contribution in [2.75, 3.05) is 94.9 Å². The third-order valence-corrected chi connectivity index (χ3v) is 14.1. The van der Waals surface area contributed by atoms with E-state index in [-0.39, 0.29) is 0 Å². The predicted molar refractivity (Wildman–Crippen MR) is 244 cm³/mol. The largest absolute Gasteiger partial charge is 0.494 e. The second kappa shape index (κ2) is 18.8. The second-order valence-corrected chi connectivity index (χ2v) is 20.0. The van der Waals surface area contributed by atoms with Crippen molar-refractivity contribution in [3.8, 4) is 17.6 Å². The zero-order valence-corrected chi connectivity index (χ0v) is 36.5. The lowest BCUT2D eigenvalue weighted by atomic mass is 10.0. The van der Waals surface area contributed by atoms with Crippen LogP contribution in [-0.4, -0.2) is 122 Å². The number of para-hydroxylation sites is 1. The third kappa shape index (κ3) is 9.53. The number of nitrogens with one attached hydrogen (secondary N) is 3. The first kappa shape index (κ1) is 41.9. The van der Waals surface area contributed by atoms with Crippen LogP contribution < -0.4 is 30.9 Å². The highest BCUT2D eigenvalue weighted by Crippen LogP contribution is 2.40. The summed E-state index contributed by atoms with van der Waals surface area (Å²) >= 11 is 6.49. The SMILES string of the molecule is COc1cc(N2CCC(N3CCN(CCC#Cc4cccc5c4CN(C4CCCNC4)C5=C=O)CC3)CC2)ccc1Nc1ncc(Cl)c(Nc2ccccc2P(C)(C)=O)n1. The highest BCUT2D eigenvalue weighted by molar-refractivity contribution is 7.70. The average Bonchev–Trinajstić information content (AvgIpc) is 3.66. The molecule has 5 heterocycles. The minimum atomic E-state index is -2.54. The lowest BCUT2D eigenvalue weighted by molar-refractivity contribution is 0.0861. The van der Waals surface area contributed by atoms with Gasteiger partial charge in [0, 0.05) is 106 Å². The maximum absolute atomic E-state index is 12.9. The van der Waals surface area contributed by atoms with Crippen molar-refractivity contribution in [3.63, 3.8) is 0 Å². The molecule has 12 nitrogen and oxygen atoms in total. The molecular weight excluding hydrogens is 793 g/mol. The number of rotatable bonds is 11. The van der Waals surface area contributed by atoms with Gasteiger partial charge in [-0.2, -0.15) is 4.98 Å². The molecule has 60 heavy (non-hydrogen) atoms. The first-order valence-corrected chi connectivity index (χ1v) is 24.1. The Hall–Kier alpha value is -4.85. The van der Waals surface area contributed by atoms with Gasteiger partial charge in [0.1, 0.15) is 23.6 Å². The molecule has 14 heteroatoms. The van der Waals surface area contributed by atoms with E-state index in [0.717, 1.165) is 125 Å². The van der Waals surface area contributed by atoms with Gasteiger partial charge < -0.3 is 35.1 Å². The van der Waals surface area contributed by atoms with Gasteiger partial charge in [-0.25, -0.2) is 9.78 Å². The molecule has 4 aliphatic heterocycles. The smallest absolute Gasteiger partial charge is 0.229 e. The van der Waals surface area contributed by atoms with Crippen LogP contribution in [-0.2, 0) is 15.9 Å². The van der Waals surface area contributed by atoms with Crippen LogP contribution in [0.1, 0.15) is 48.8 Å². The fourth-order valence-electron chi connectivity index (χ4n) is 9.03. The van der Waals surface area contributed by atoms with Crippen LogP contribution in [0.4, 0.5) is 28.8 Å². The van der Waals surface area contributed by atoms with Crippen molar-refractivity contribution in [2.45, 2.75) is 50.7 Å². The van der Waals surface area contributed by atoms with Gasteiger partial charge in [-0.15, -0.1) is 0 Å². The van der Waals surface area contributed by atoms with Crippen molar-refractivity contribution < 1.29 is 14.1 Å². The summed E-state index contributed by atoms with van der Waals surface area (Å²) in [6, 6.07) is 20.8. The van der Waals surface area contributed by atoms with Gasteiger partial charge in [-0.1, -0.05) is 47.7 Å². The lowest BCUT2D eigenvalue weighted by Crippen LogP contribution is -2.53. The van der Waals surface area contributed by atoms with Gasteiger partial charge in [-0.3, -0.25) is 9.80 Å². The molecule has 3 N–H and O–H groups in total. The topological polar surface area (TPSA) is 118 Å². The number of aromatic nitrogens is 2. The van der Waals surface area contributed by atoms with Gasteiger partial charge in [-0.05, 0) is 81.5 Å². The molecule has 0 saturated carbocycles. The molecule has 0 radical (unpaired) electrons. The van der Waals surface area contributed by atoms with E-state index in [9.17, 15) is 9.36 Å². The van der Waals surface area contributed by atoms with Gasteiger partial charge in [0.2, 0.25) is 5.95 Å². The predicted octanol–water partition coefficient (Wildman–Crippen LogP) is 6.64. The highest BCUT2D eigenvalue weighted by atomic mass is 35.5. The molecule has 314 valence electrons. The molecule has 1 aromatic heterocycles. The molecule has 3 aromatic carbocycles. The molecule has 4 aromatic rings. The minimum Gasteiger partial charge on any atom is -0.494 e.